The summed E-state index contributed by atoms with van der Waals surface area (Å²) in [6, 6.07) is 13.1. The molecule has 0 radical (unpaired) electrons. The lowest BCUT2D eigenvalue weighted by Crippen LogP contribution is -1.96. The van der Waals surface area contributed by atoms with Crippen LogP contribution in [0.1, 0.15) is 6.92 Å². The van der Waals surface area contributed by atoms with Gasteiger partial charge in [-0.2, -0.15) is 5.10 Å². The number of nitrogens with one attached hydrogen (secondary N) is 1. The smallest absolute Gasteiger partial charge is 0.181 e. The molecule has 3 aromatic rings. The molecule has 0 aliphatic heterocycles. The van der Waals surface area contributed by atoms with Gasteiger partial charge in [0.2, 0.25) is 0 Å². The van der Waals surface area contributed by atoms with Gasteiger partial charge >= 0.3 is 0 Å². The van der Waals surface area contributed by atoms with Crippen LogP contribution in [0.4, 0.5) is 5.69 Å². The molecule has 2 aromatic carbocycles. The first-order valence-electron chi connectivity index (χ1n) is 7.30. The molecule has 6 nitrogen and oxygen atoms in total. The van der Waals surface area contributed by atoms with E-state index in [0.717, 1.165) is 11.1 Å². The van der Waals surface area contributed by atoms with E-state index in [-0.39, 0.29) is 0 Å². The first-order chi connectivity index (χ1) is 11.2. The van der Waals surface area contributed by atoms with E-state index in [1.165, 1.54) is 0 Å². The Morgan fingerprint density at radius 2 is 1.96 bits per heavy atom. The molecule has 0 aliphatic carbocycles. The van der Waals surface area contributed by atoms with Crippen LogP contribution < -0.4 is 15.2 Å². The maximum atomic E-state index is 5.80. The maximum absolute atomic E-state index is 5.80. The Balaban J connectivity index is 1.95. The van der Waals surface area contributed by atoms with E-state index in [1.54, 1.807) is 7.11 Å². The third-order valence-corrected chi connectivity index (χ3v) is 3.37. The van der Waals surface area contributed by atoms with E-state index in [9.17, 15) is 0 Å². The predicted molar refractivity (Wildman–Crippen MR) is 89.4 cm³/mol. The van der Waals surface area contributed by atoms with Gasteiger partial charge in [-0.25, -0.2) is 4.98 Å². The molecule has 0 saturated heterocycles. The van der Waals surface area contributed by atoms with Crippen LogP contribution in [0.25, 0.3) is 22.8 Å². The molecular formula is C17H18N4O2. The highest BCUT2D eigenvalue weighted by atomic mass is 16.5. The normalized spacial score (nSPS) is 10.5. The van der Waals surface area contributed by atoms with Crippen LogP contribution in [0.2, 0.25) is 0 Å². The average molecular weight is 310 g/mol. The summed E-state index contributed by atoms with van der Waals surface area (Å²) < 4.78 is 10.9. The second kappa shape index (κ2) is 6.39. The van der Waals surface area contributed by atoms with E-state index < -0.39 is 0 Å². The first kappa shape index (κ1) is 14.9. The Morgan fingerprint density at radius 3 is 2.70 bits per heavy atom. The Morgan fingerprint density at radius 1 is 1.09 bits per heavy atom. The number of ether oxygens (including phenoxy) is 2. The van der Waals surface area contributed by atoms with Gasteiger partial charge in [-0.1, -0.05) is 12.1 Å². The highest BCUT2D eigenvalue weighted by Crippen LogP contribution is 2.32. The zero-order valence-corrected chi connectivity index (χ0v) is 13.0. The van der Waals surface area contributed by atoms with Gasteiger partial charge in [-0.3, -0.25) is 5.10 Å². The molecule has 0 aliphatic rings. The van der Waals surface area contributed by atoms with Gasteiger partial charge in [0, 0.05) is 16.8 Å². The molecule has 0 fully saturated rings. The topological polar surface area (TPSA) is 86.0 Å². The van der Waals surface area contributed by atoms with E-state index in [2.05, 4.69) is 15.2 Å². The molecule has 0 amide bonds. The molecule has 0 atom stereocenters. The van der Waals surface area contributed by atoms with E-state index in [1.807, 2.05) is 49.4 Å². The molecular weight excluding hydrogens is 292 g/mol. The Kier molecular flexibility index (Phi) is 4.14. The van der Waals surface area contributed by atoms with Gasteiger partial charge in [-0.15, -0.1) is 0 Å². The number of aromatic amines is 1. The minimum absolute atomic E-state index is 0.560. The zero-order valence-electron chi connectivity index (χ0n) is 13.0. The third-order valence-electron chi connectivity index (χ3n) is 3.37. The lowest BCUT2D eigenvalue weighted by atomic mass is 10.2. The van der Waals surface area contributed by atoms with Crippen molar-refractivity contribution in [2.75, 3.05) is 19.5 Å². The largest absolute Gasteiger partial charge is 0.493 e. The maximum Gasteiger partial charge on any atom is 0.181 e. The molecule has 3 N–H and O–H groups in total. The summed E-state index contributed by atoms with van der Waals surface area (Å²) in [5.74, 6) is 2.62. The number of aromatic nitrogens is 3. The number of benzene rings is 2. The first-order valence-corrected chi connectivity index (χ1v) is 7.30. The number of nitrogen functional groups attached to an aromatic ring is 1. The summed E-state index contributed by atoms with van der Waals surface area (Å²) in [6.07, 6.45) is 0. The summed E-state index contributed by atoms with van der Waals surface area (Å²) in [4.78, 5) is 4.53. The van der Waals surface area contributed by atoms with Crippen LogP contribution in [-0.2, 0) is 0 Å². The van der Waals surface area contributed by atoms with Crippen LogP contribution in [0.5, 0.6) is 11.5 Å². The van der Waals surface area contributed by atoms with Crippen molar-refractivity contribution in [1.82, 2.24) is 15.2 Å². The van der Waals surface area contributed by atoms with E-state index in [4.69, 9.17) is 15.2 Å². The minimum atomic E-state index is 0.560. The van der Waals surface area contributed by atoms with Crippen LogP contribution in [-0.4, -0.2) is 28.9 Å². The van der Waals surface area contributed by atoms with Crippen LogP contribution >= 0.6 is 0 Å². The summed E-state index contributed by atoms with van der Waals surface area (Å²) in [5.41, 5.74) is 8.22. The van der Waals surface area contributed by atoms with Gasteiger partial charge in [0.05, 0.1) is 13.7 Å². The highest BCUT2D eigenvalue weighted by Gasteiger charge is 2.11. The summed E-state index contributed by atoms with van der Waals surface area (Å²) in [5, 5.41) is 7.21. The Bertz CT molecular complexity index is 814. The number of nitrogens with zero attached hydrogens (tertiary/aromatic N) is 2. The van der Waals surface area contributed by atoms with Crippen molar-refractivity contribution in [2.45, 2.75) is 6.92 Å². The fraction of sp³-hybridized carbons (Fsp3) is 0.176. The molecule has 1 aromatic heterocycles. The van der Waals surface area contributed by atoms with Crippen molar-refractivity contribution in [3.63, 3.8) is 0 Å². The zero-order chi connectivity index (χ0) is 16.2. The molecule has 6 heteroatoms. The molecule has 3 rings (SSSR count). The molecule has 0 spiro atoms. The lowest BCUT2D eigenvalue weighted by molar-refractivity contribution is 0.311. The summed E-state index contributed by atoms with van der Waals surface area (Å²) in [7, 11) is 1.61. The van der Waals surface area contributed by atoms with E-state index in [0.29, 0.717) is 35.4 Å². The van der Waals surface area contributed by atoms with Crippen molar-refractivity contribution in [1.29, 1.82) is 0 Å². The predicted octanol–water partition coefficient (Wildman–Crippen LogP) is 3.13. The summed E-state index contributed by atoms with van der Waals surface area (Å²) in [6.45, 7) is 2.49. The monoisotopic (exact) mass is 310 g/mol. The quantitative estimate of drug-likeness (QED) is 0.707. The van der Waals surface area contributed by atoms with Gasteiger partial charge in [0.25, 0.3) is 0 Å². The molecule has 1 heterocycles. The standard InChI is InChI=1S/C17H18N4O2/c1-3-23-15-10-12(7-8-14(15)22-2)17-19-16(20-21-17)11-5-4-6-13(18)9-11/h4-10H,3,18H2,1-2H3,(H,19,20,21). The van der Waals surface area contributed by atoms with E-state index >= 15 is 0 Å². The number of hydrogen-bond acceptors (Lipinski definition) is 5. The average Bonchev–Trinajstić information content (AvgIpc) is 3.05. The highest BCUT2D eigenvalue weighted by molar-refractivity contribution is 5.66. The molecule has 0 saturated carbocycles. The van der Waals surface area contributed by atoms with Crippen molar-refractivity contribution in [3.05, 3.63) is 42.5 Å². The number of hydrogen-bond donors (Lipinski definition) is 2. The number of methoxy groups -OCH3 is 1. The third kappa shape index (κ3) is 3.11. The van der Waals surface area contributed by atoms with Crippen LogP contribution in [0, 0.1) is 0 Å². The van der Waals surface area contributed by atoms with Crippen LogP contribution in [0.3, 0.4) is 0 Å². The Labute approximate surface area is 134 Å². The van der Waals surface area contributed by atoms with Crippen LogP contribution in [0.15, 0.2) is 42.5 Å². The van der Waals surface area contributed by atoms with Crippen molar-refractivity contribution in [2.24, 2.45) is 0 Å². The summed E-state index contributed by atoms with van der Waals surface area (Å²) >= 11 is 0. The van der Waals surface area contributed by atoms with Crippen molar-refractivity contribution >= 4 is 5.69 Å². The fourth-order valence-electron chi connectivity index (χ4n) is 2.29. The number of rotatable bonds is 5. The molecule has 23 heavy (non-hydrogen) atoms. The molecule has 0 unspecified atom stereocenters. The molecule has 0 bridgehead atoms. The number of nitrogens with two attached hydrogens (primary N) is 1. The lowest BCUT2D eigenvalue weighted by Gasteiger charge is -2.09. The SMILES string of the molecule is CCOc1cc(-c2nc(-c3cccc(N)c3)n[nH]2)ccc1OC. The minimum Gasteiger partial charge on any atom is -0.493 e. The van der Waals surface area contributed by atoms with Gasteiger partial charge in [0.1, 0.15) is 0 Å². The Hall–Kier alpha value is -3.02. The number of anilines is 1. The van der Waals surface area contributed by atoms with Crippen molar-refractivity contribution in [3.8, 4) is 34.3 Å². The second-order valence-corrected chi connectivity index (χ2v) is 4.93. The second-order valence-electron chi connectivity index (χ2n) is 4.93. The van der Waals surface area contributed by atoms with Gasteiger partial charge in [0.15, 0.2) is 23.1 Å². The van der Waals surface area contributed by atoms with Gasteiger partial charge in [-0.05, 0) is 37.3 Å². The van der Waals surface area contributed by atoms with Crippen molar-refractivity contribution < 1.29 is 9.47 Å². The van der Waals surface area contributed by atoms with Gasteiger partial charge < -0.3 is 15.2 Å². The fourth-order valence-corrected chi connectivity index (χ4v) is 2.29. The number of H-pyrrole nitrogens is 1. The molecule has 118 valence electrons.